The summed E-state index contributed by atoms with van der Waals surface area (Å²) < 4.78 is 21.2. The van der Waals surface area contributed by atoms with E-state index in [1.165, 1.54) is 32.6 Å². The van der Waals surface area contributed by atoms with E-state index in [0.717, 1.165) is 0 Å². The minimum Gasteiger partial charge on any atom is -0.494 e. The van der Waals surface area contributed by atoms with Gasteiger partial charge in [-0.15, -0.1) is 0 Å². The van der Waals surface area contributed by atoms with Crippen LogP contribution in [0.1, 0.15) is 23.0 Å². The third-order valence-electron chi connectivity index (χ3n) is 4.37. The molecule has 3 aromatic rings. The van der Waals surface area contributed by atoms with Crippen LogP contribution in [0.15, 0.2) is 71.0 Å². The number of benzene rings is 2. The zero-order valence-electron chi connectivity index (χ0n) is 18.0. The molecule has 2 amide bonds. The molecule has 8 nitrogen and oxygen atoms in total. The lowest BCUT2D eigenvalue weighted by molar-refractivity contribution is -0.113. The van der Waals surface area contributed by atoms with Crippen molar-refractivity contribution in [1.82, 2.24) is 5.32 Å². The molecule has 0 bridgehead atoms. The molecule has 8 heteroatoms. The summed E-state index contributed by atoms with van der Waals surface area (Å²) in [5, 5.41) is 5.41. The fraction of sp³-hybridized carbons (Fsp3) is 0.167. The normalized spacial score (nSPS) is 10.9. The first-order valence-corrected chi connectivity index (χ1v) is 9.86. The number of hydrogen-bond acceptors (Lipinski definition) is 6. The van der Waals surface area contributed by atoms with Crippen LogP contribution >= 0.6 is 0 Å². The molecular formula is C24H24N2O6. The minimum atomic E-state index is -0.524. The monoisotopic (exact) mass is 436 g/mol. The molecule has 0 saturated heterocycles. The second-order valence-corrected chi connectivity index (χ2v) is 6.51. The Bertz CT molecular complexity index is 1110. The molecule has 0 fully saturated rings. The van der Waals surface area contributed by atoms with E-state index < -0.39 is 11.8 Å². The molecule has 0 radical (unpaired) electrons. The summed E-state index contributed by atoms with van der Waals surface area (Å²) in [6.07, 6.45) is 2.92. The van der Waals surface area contributed by atoms with Gasteiger partial charge in [-0.1, -0.05) is 6.07 Å². The van der Waals surface area contributed by atoms with Crippen molar-refractivity contribution in [2.75, 3.05) is 26.1 Å². The van der Waals surface area contributed by atoms with E-state index in [-0.39, 0.29) is 5.70 Å². The number of anilines is 1. The summed E-state index contributed by atoms with van der Waals surface area (Å²) in [5.41, 5.74) is 0.812. The van der Waals surface area contributed by atoms with Gasteiger partial charge in [0.1, 0.15) is 17.2 Å². The fourth-order valence-corrected chi connectivity index (χ4v) is 2.87. The van der Waals surface area contributed by atoms with Crippen molar-refractivity contribution in [2.24, 2.45) is 0 Å². The first kappa shape index (κ1) is 22.5. The van der Waals surface area contributed by atoms with E-state index in [1.54, 1.807) is 48.5 Å². The summed E-state index contributed by atoms with van der Waals surface area (Å²) in [5.74, 6) is 0.893. The van der Waals surface area contributed by atoms with Crippen LogP contribution < -0.4 is 24.8 Å². The maximum absolute atomic E-state index is 13.0. The molecule has 3 rings (SSSR count). The molecule has 0 saturated carbocycles. The average Bonchev–Trinajstić information content (AvgIpc) is 3.31. The van der Waals surface area contributed by atoms with Crippen LogP contribution in [0.25, 0.3) is 6.08 Å². The van der Waals surface area contributed by atoms with Gasteiger partial charge in [-0.2, -0.15) is 0 Å². The first-order chi connectivity index (χ1) is 15.5. The highest BCUT2D eigenvalue weighted by molar-refractivity contribution is 6.10. The van der Waals surface area contributed by atoms with Crippen molar-refractivity contribution in [1.29, 1.82) is 0 Å². The van der Waals surface area contributed by atoms with Crippen molar-refractivity contribution in [2.45, 2.75) is 6.92 Å². The SMILES string of the molecule is CCOc1cccc(NC(=O)/C(=C/c2ccco2)NC(=O)c2ccc(OC)c(OC)c2)c1. The van der Waals surface area contributed by atoms with Crippen LogP contribution in [0.4, 0.5) is 5.69 Å². The highest BCUT2D eigenvalue weighted by Gasteiger charge is 2.17. The van der Waals surface area contributed by atoms with Crippen LogP contribution in [0.2, 0.25) is 0 Å². The smallest absolute Gasteiger partial charge is 0.272 e. The molecule has 32 heavy (non-hydrogen) atoms. The number of hydrogen-bond donors (Lipinski definition) is 2. The number of carbonyl (C=O) groups excluding carboxylic acids is 2. The number of furan rings is 1. The second-order valence-electron chi connectivity index (χ2n) is 6.51. The zero-order chi connectivity index (χ0) is 22.9. The largest absolute Gasteiger partial charge is 0.494 e. The van der Waals surface area contributed by atoms with Crippen molar-refractivity contribution >= 4 is 23.6 Å². The quantitative estimate of drug-likeness (QED) is 0.490. The Labute approximate surface area is 185 Å². The molecular weight excluding hydrogens is 412 g/mol. The van der Waals surface area contributed by atoms with Gasteiger partial charge in [-0.3, -0.25) is 9.59 Å². The lowest BCUT2D eigenvalue weighted by Gasteiger charge is -2.13. The van der Waals surface area contributed by atoms with E-state index in [9.17, 15) is 9.59 Å². The van der Waals surface area contributed by atoms with E-state index in [1.807, 2.05) is 6.92 Å². The zero-order valence-corrected chi connectivity index (χ0v) is 18.0. The Kier molecular flexibility index (Phi) is 7.53. The number of carbonyl (C=O) groups is 2. The highest BCUT2D eigenvalue weighted by Crippen LogP contribution is 2.27. The maximum Gasteiger partial charge on any atom is 0.272 e. The van der Waals surface area contributed by atoms with Gasteiger partial charge in [0, 0.05) is 23.4 Å². The summed E-state index contributed by atoms with van der Waals surface area (Å²) in [6, 6.07) is 15.0. The summed E-state index contributed by atoms with van der Waals surface area (Å²) in [7, 11) is 2.98. The molecule has 0 atom stereocenters. The van der Waals surface area contributed by atoms with E-state index >= 15 is 0 Å². The minimum absolute atomic E-state index is 0.00143. The molecule has 0 aliphatic heterocycles. The lowest BCUT2D eigenvalue weighted by Crippen LogP contribution is -2.30. The van der Waals surface area contributed by atoms with E-state index in [4.69, 9.17) is 18.6 Å². The molecule has 0 aliphatic carbocycles. The standard InChI is InChI=1S/C24H24N2O6/c1-4-31-18-8-5-7-17(14-18)25-24(28)20(15-19-9-6-12-32-19)26-23(27)16-10-11-21(29-2)22(13-16)30-3/h5-15H,4H2,1-3H3,(H,25,28)(H,26,27)/b20-15-. The van der Waals surface area contributed by atoms with Gasteiger partial charge in [0.05, 0.1) is 27.1 Å². The van der Waals surface area contributed by atoms with Crippen LogP contribution in [0.5, 0.6) is 17.2 Å². The highest BCUT2D eigenvalue weighted by atomic mass is 16.5. The third-order valence-corrected chi connectivity index (χ3v) is 4.37. The van der Waals surface area contributed by atoms with Gasteiger partial charge in [0.15, 0.2) is 11.5 Å². The Morgan fingerprint density at radius 2 is 1.81 bits per heavy atom. The van der Waals surface area contributed by atoms with Crippen molar-refractivity contribution in [3.8, 4) is 17.2 Å². The summed E-state index contributed by atoms with van der Waals surface area (Å²) in [6.45, 7) is 2.38. The molecule has 2 aromatic carbocycles. The van der Waals surface area contributed by atoms with E-state index in [2.05, 4.69) is 10.6 Å². The van der Waals surface area contributed by atoms with Gasteiger partial charge < -0.3 is 29.3 Å². The van der Waals surface area contributed by atoms with E-state index in [0.29, 0.717) is 40.9 Å². The van der Waals surface area contributed by atoms with Gasteiger partial charge in [0.2, 0.25) is 0 Å². The number of amides is 2. The topological polar surface area (TPSA) is 99.0 Å². The lowest BCUT2D eigenvalue weighted by atomic mass is 10.1. The molecule has 2 N–H and O–H groups in total. The van der Waals surface area contributed by atoms with Gasteiger partial charge in [-0.25, -0.2) is 0 Å². The Hall–Kier alpha value is -4.20. The molecule has 0 spiro atoms. The summed E-state index contributed by atoms with van der Waals surface area (Å²) >= 11 is 0. The molecule has 1 aromatic heterocycles. The predicted octanol–water partition coefficient (Wildman–Crippen LogP) is 4.11. The number of rotatable bonds is 9. The predicted molar refractivity (Wildman–Crippen MR) is 120 cm³/mol. The number of methoxy groups -OCH3 is 2. The van der Waals surface area contributed by atoms with Crippen LogP contribution in [0, 0.1) is 0 Å². The molecule has 0 aliphatic rings. The van der Waals surface area contributed by atoms with Gasteiger partial charge in [0.25, 0.3) is 11.8 Å². The molecule has 1 heterocycles. The number of ether oxygens (including phenoxy) is 3. The fourth-order valence-electron chi connectivity index (χ4n) is 2.87. The Morgan fingerprint density at radius 3 is 2.50 bits per heavy atom. The van der Waals surface area contributed by atoms with Crippen LogP contribution in [0.3, 0.4) is 0 Å². The summed E-state index contributed by atoms with van der Waals surface area (Å²) in [4.78, 5) is 25.8. The average molecular weight is 436 g/mol. The van der Waals surface area contributed by atoms with Crippen LogP contribution in [-0.2, 0) is 4.79 Å². The van der Waals surface area contributed by atoms with Crippen molar-refractivity contribution in [3.05, 3.63) is 77.9 Å². The van der Waals surface area contributed by atoms with Gasteiger partial charge in [-0.05, 0) is 49.4 Å². The number of nitrogens with one attached hydrogen (secondary N) is 2. The van der Waals surface area contributed by atoms with Crippen molar-refractivity contribution in [3.63, 3.8) is 0 Å². The van der Waals surface area contributed by atoms with Gasteiger partial charge >= 0.3 is 0 Å². The Balaban J connectivity index is 1.84. The Morgan fingerprint density at radius 1 is 1.00 bits per heavy atom. The molecule has 166 valence electrons. The molecule has 0 unspecified atom stereocenters. The first-order valence-electron chi connectivity index (χ1n) is 9.86. The third kappa shape index (κ3) is 5.69. The van der Waals surface area contributed by atoms with Crippen molar-refractivity contribution < 1.29 is 28.2 Å². The van der Waals surface area contributed by atoms with Crippen LogP contribution in [-0.4, -0.2) is 32.6 Å². The second kappa shape index (κ2) is 10.7. The maximum atomic E-state index is 13.0.